The summed E-state index contributed by atoms with van der Waals surface area (Å²) < 4.78 is 10.9. The van der Waals surface area contributed by atoms with Gasteiger partial charge in [-0.1, -0.05) is 35.6 Å². The van der Waals surface area contributed by atoms with Crippen molar-refractivity contribution in [2.75, 3.05) is 13.7 Å². The number of ether oxygens (including phenoxy) is 2. The number of hydrogen-bond donors (Lipinski definition) is 1. The highest BCUT2D eigenvalue weighted by atomic mass is 35.5. The Morgan fingerprint density at radius 2 is 1.90 bits per heavy atom. The molecule has 0 bridgehead atoms. The molecule has 0 aliphatic carbocycles. The van der Waals surface area contributed by atoms with Crippen LogP contribution in [0.5, 0.6) is 11.5 Å². The molecule has 0 atom stereocenters. The van der Waals surface area contributed by atoms with Gasteiger partial charge < -0.3 is 14.6 Å². The van der Waals surface area contributed by atoms with Gasteiger partial charge in [0.25, 0.3) is 0 Å². The lowest BCUT2D eigenvalue weighted by Gasteiger charge is -2.10. The van der Waals surface area contributed by atoms with E-state index in [-0.39, 0.29) is 6.61 Å². The van der Waals surface area contributed by atoms with E-state index in [9.17, 15) is 0 Å². The Morgan fingerprint density at radius 1 is 1.14 bits per heavy atom. The molecule has 0 unspecified atom stereocenters. The lowest BCUT2D eigenvalue weighted by Crippen LogP contribution is -1.98. The van der Waals surface area contributed by atoms with E-state index in [0.717, 1.165) is 5.56 Å². The molecule has 0 aromatic heterocycles. The number of aliphatic hydroxyl groups is 1. The third-order valence-corrected chi connectivity index (χ3v) is 3.05. The first-order chi connectivity index (χ1) is 10.2. The van der Waals surface area contributed by atoms with Crippen molar-refractivity contribution >= 4 is 11.6 Å². The van der Waals surface area contributed by atoms with Crippen molar-refractivity contribution in [3.05, 3.63) is 58.6 Å². The van der Waals surface area contributed by atoms with Crippen molar-refractivity contribution in [1.29, 1.82) is 0 Å². The number of hydrogen-bond acceptors (Lipinski definition) is 3. The molecular weight excluding hydrogens is 288 g/mol. The van der Waals surface area contributed by atoms with Crippen LogP contribution in [-0.2, 0) is 6.61 Å². The maximum Gasteiger partial charge on any atom is 0.135 e. The first-order valence-electron chi connectivity index (χ1n) is 6.38. The predicted molar refractivity (Wildman–Crippen MR) is 82.7 cm³/mol. The molecule has 0 radical (unpaired) electrons. The average Bonchev–Trinajstić information content (AvgIpc) is 2.52. The Hall–Kier alpha value is -2.15. The van der Waals surface area contributed by atoms with Crippen molar-refractivity contribution in [3.63, 3.8) is 0 Å². The molecule has 3 nitrogen and oxygen atoms in total. The molecule has 0 heterocycles. The standard InChI is InChI=1S/C17H15ClO3/c1-20-16-8-9-17(14(11-16)3-2-10-19)21-12-13-4-6-15(18)7-5-13/h4-9,11,19H,10,12H2,1H3. The molecule has 0 spiro atoms. The summed E-state index contributed by atoms with van der Waals surface area (Å²) in [6.45, 7) is 0.213. The summed E-state index contributed by atoms with van der Waals surface area (Å²) in [5.41, 5.74) is 1.69. The minimum atomic E-state index is -0.201. The molecule has 108 valence electrons. The summed E-state index contributed by atoms with van der Waals surface area (Å²) in [5.74, 6) is 6.81. The van der Waals surface area contributed by atoms with Crippen LogP contribution < -0.4 is 9.47 Å². The molecule has 0 saturated heterocycles. The maximum atomic E-state index is 8.82. The quantitative estimate of drug-likeness (QED) is 0.881. The number of benzene rings is 2. The Morgan fingerprint density at radius 3 is 2.57 bits per heavy atom. The van der Waals surface area contributed by atoms with Gasteiger partial charge in [0.1, 0.15) is 24.7 Å². The van der Waals surface area contributed by atoms with Crippen LogP contribution in [0.4, 0.5) is 0 Å². The molecule has 0 fully saturated rings. The Labute approximate surface area is 129 Å². The minimum absolute atomic E-state index is 0.201. The Bertz CT molecular complexity index is 654. The van der Waals surface area contributed by atoms with Gasteiger partial charge in [-0.3, -0.25) is 0 Å². The molecule has 2 aromatic rings. The largest absolute Gasteiger partial charge is 0.497 e. The second kappa shape index (κ2) is 7.58. The second-order valence-corrected chi connectivity index (χ2v) is 4.67. The van der Waals surface area contributed by atoms with Crippen molar-refractivity contribution < 1.29 is 14.6 Å². The van der Waals surface area contributed by atoms with Crippen LogP contribution in [0.3, 0.4) is 0 Å². The van der Waals surface area contributed by atoms with Gasteiger partial charge in [-0.2, -0.15) is 0 Å². The first kappa shape index (κ1) is 15.2. The number of methoxy groups -OCH3 is 1. The highest BCUT2D eigenvalue weighted by molar-refractivity contribution is 6.30. The first-order valence-corrected chi connectivity index (χ1v) is 6.75. The molecular formula is C17H15ClO3. The molecule has 2 aromatic carbocycles. The number of aliphatic hydroxyl groups excluding tert-OH is 1. The molecule has 1 N–H and O–H groups in total. The van der Waals surface area contributed by atoms with Gasteiger partial charge in [0.2, 0.25) is 0 Å². The van der Waals surface area contributed by atoms with E-state index < -0.39 is 0 Å². The zero-order chi connectivity index (χ0) is 15.1. The average molecular weight is 303 g/mol. The van der Waals surface area contributed by atoms with E-state index in [4.69, 9.17) is 26.2 Å². The van der Waals surface area contributed by atoms with E-state index in [1.54, 1.807) is 25.3 Å². The summed E-state index contributed by atoms with van der Waals surface area (Å²) >= 11 is 5.85. The zero-order valence-electron chi connectivity index (χ0n) is 11.6. The third kappa shape index (κ3) is 4.42. The van der Waals surface area contributed by atoms with Crippen molar-refractivity contribution in [1.82, 2.24) is 0 Å². The van der Waals surface area contributed by atoms with E-state index in [1.807, 2.05) is 24.3 Å². The number of halogens is 1. The highest BCUT2D eigenvalue weighted by Crippen LogP contribution is 2.24. The van der Waals surface area contributed by atoms with Crippen molar-refractivity contribution in [2.45, 2.75) is 6.61 Å². The van der Waals surface area contributed by atoms with E-state index in [1.165, 1.54) is 0 Å². The molecule has 21 heavy (non-hydrogen) atoms. The fourth-order valence-corrected chi connectivity index (χ4v) is 1.86. The summed E-state index contributed by atoms with van der Waals surface area (Å²) in [7, 11) is 1.59. The summed E-state index contributed by atoms with van der Waals surface area (Å²) in [6, 6.07) is 12.8. The fraction of sp³-hybridized carbons (Fsp3) is 0.176. The van der Waals surface area contributed by atoms with E-state index in [2.05, 4.69) is 11.8 Å². The van der Waals surface area contributed by atoms with Crippen LogP contribution in [0.1, 0.15) is 11.1 Å². The Balaban J connectivity index is 2.16. The van der Waals surface area contributed by atoms with Crippen LogP contribution in [0.15, 0.2) is 42.5 Å². The van der Waals surface area contributed by atoms with Crippen LogP contribution in [0.25, 0.3) is 0 Å². The molecule has 0 saturated carbocycles. The minimum Gasteiger partial charge on any atom is -0.497 e. The van der Waals surface area contributed by atoms with Crippen LogP contribution in [0, 0.1) is 11.8 Å². The normalized spacial score (nSPS) is 9.67. The molecule has 0 amide bonds. The summed E-state index contributed by atoms with van der Waals surface area (Å²) in [6.07, 6.45) is 0. The summed E-state index contributed by atoms with van der Waals surface area (Å²) in [5, 5.41) is 9.51. The smallest absolute Gasteiger partial charge is 0.135 e. The van der Waals surface area contributed by atoms with Crippen LogP contribution in [0.2, 0.25) is 5.02 Å². The van der Waals surface area contributed by atoms with Gasteiger partial charge in [-0.25, -0.2) is 0 Å². The van der Waals surface area contributed by atoms with Crippen LogP contribution >= 0.6 is 11.6 Å². The molecule has 0 aliphatic heterocycles. The van der Waals surface area contributed by atoms with Gasteiger partial charge in [-0.15, -0.1) is 0 Å². The van der Waals surface area contributed by atoms with Gasteiger partial charge >= 0.3 is 0 Å². The SMILES string of the molecule is COc1ccc(OCc2ccc(Cl)cc2)c(C#CCO)c1. The van der Waals surface area contributed by atoms with Gasteiger partial charge in [0.15, 0.2) is 0 Å². The maximum absolute atomic E-state index is 8.82. The molecule has 4 heteroatoms. The van der Waals surface area contributed by atoms with Gasteiger partial charge in [-0.05, 0) is 35.9 Å². The van der Waals surface area contributed by atoms with Gasteiger partial charge in [0.05, 0.1) is 12.7 Å². The van der Waals surface area contributed by atoms with Crippen molar-refractivity contribution in [3.8, 4) is 23.3 Å². The topological polar surface area (TPSA) is 38.7 Å². The summed E-state index contributed by atoms with van der Waals surface area (Å²) in [4.78, 5) is 0. The van der Waals surface area contributed by atoms with Crippen molar-refractivity contribution in [2.24, 2.45) is 0 Å². The fourth-order valence-electron chi connectivity index (χ4n) is 1.74. The lowest BCUT2D eigenvalue weighted by molar-refractivity contribution is 0.304. The lowest BCUT2D eigenvalue weighted by atomic mass is 10.2. The van der Waals surface area contributed by atoms with E-state index >= 15 is 0 Å². The monoisotopic (exact) mass is 302 g/mol. The van der Waals surface area contributed by atoms with E-state index in [0.29, 0.717) is 28.7 Å². The molecule has 2 rings (SSSR count). The highest BCUT2D eigenvalue weighted by Gasteiger charge is 2.04. The second-order valence-electron chi connectivity index (χ2n) is 4.24. The Kier molecular flexibility index (Phi) is 5.51. The van der Waals surface area contributed by atoms with Gasteiger partial charge in [0, 0.05) is 5.02 Å². The molecule has 0 aliphatic rings. The zero-order valence-corrected chi connectivity index (χ0v) is 12.4. The predicted octanol–water partition coefficient (Wildman–Crippen LogP) is 3.27. The third-order valence-electron chi connectivity index (χ3n) is 2.80. The number of rotatable bonds is 4. The van der Waals surface area contributed by atoms with Crippen LogP contribution in [-0.4, -0.2) is 18.8 Å².